The van der Waals surface area contributed by atoms with Crippen molar-refractivity contribution in [2.75, 3.05) is 0 Å². The van der Waals surface area contributed by atoms with Crippen molar-refractivity contribution in [1.82, 2.24) is 4.57 Å². The van der Waals surface area contributed by atoms with Gasteiger partial charge in [-0.3, -0.25) is 4.79 Å². The first-order chi connectivity index (χ1) is 9.13. The number of hydrogen-bond acceptors (Lipinski definition) is 1. The monoisotopic (exact) mass is 359 g/mol. The van der Waals surface area contributed by atoms with E-state index in [1.807, 2.05) is 30.3 Å². The van der Waals surface area contributed by atoms with Gasteiger partial charge in [-0.15, -0.1) is 0 Å². The number of halogens is 3. The average molecular weight is 361 g/mol. The van der Waals surface area contributed by atoms with E-state index in [0.717, 1.165) is 12.1 Å². The topological polar surface area (TPSA) is 22.0 Å². The number of benzene rings is 1. The summed E-state index contributed by atoms with van der Waals surface area (Å²) >= 11 is 15.4. The fourth-order valence-electron chi connectivity index (χ4n) is 1.89. The van der Waals surface area contributed by atoms with Crippen molar-refractivity contribution >= 4 is 39.1 Å². The molecule has 100 valence electrons. The third-order valence-corrected chi connectivity index (χ3v) is 4.03. The minimum atomic E-state index is -0.198. The standard InChI is InChI=1S/C14H12BrCl2NO/c15-9-13-11(16)8-12(17)14(19)18(13)7-6-10-4-2-1-3-5-10/h1-5,8H,6-7,9H2. The van der Waals surface area contributed by atoms with E-state index in [1.165, 1.54) is 11.6 Å². The highest BCUT2D eigenvalue weighted by atomic mass is 79.9. The minimum Gasteiger partial charge on any atom is -0.309 e. The second kappa shape index (κ2) is 6.60. The molecule has 0 aliphatic rings. The molecule has 0 aliphatic heterocycles. The Balaban J connectivity index is 2.32. The molecule has 0 amide bonds. The van der Waals surface area contributed by atoms with E-state index >= 15 is 0 Å². The van der Waals surface area contributed by atoms with Gasteiger partial charge in [-0.25, -0.2) is 0 Å². The molecule has 0 saturated heterocycles. The lowest BCUT2D eigenvalue weighted by molar-refractivity contribution is 0.648. The van der Waals surface area contributed by atoms with Crippen molar-refractivity contribution < 1.29 is 0 Å². The summed E-state index contributed by atoms with van der Waals surface area (Å²) < 4.78 is 1.63. The van der Waals surface area contributed by atoms with Crippen LogP contribution in [0.2, 0.25) is 10.0 Å². The molecule has 2 aromatic rings. The molecular weight excluding hydrogens is 349 g/mol. The van der Waals surface area contributed by atoms with Crippen molar-refractivity contribution in [3.8, 4) is 0 Å². The number of nitrogens with zero attached hydrogens (tertiary/aromatic N) is 1. The number of rotatable bonds is 4. The van der Waals surface area contributed by atoms with Crippen molar-refractivity contribution in [2.45, 2.75) is 18.3 Å². The normalized spacial score (nSPS) is 10.7. The Labute approximate surface area is 130 Å². The van der Waals surface area contributed by atoms with Crippen molar-refractivity contribution in [2.24, 2.45) is 0 Å². The number of hydrogen-bond donors (Lipinski definition) is 0. The molecular formula is C14H12BrCl2NO. The van der Waals surface area contributed by atoms with Gasteiger partial charge in [-0.2, -0.15) is 0 Å². The van der Waals surface area contributed by atoms with E-state index in [0.29, 0.717) is 16.9 Å². The van der Waals surface area contributed by atoms with Crippen LogP contribution in [0.1, 0.15) is 11.3 Å². The summed E-state index contributed by atoms with van der Waals surface area (Å²) in [5, 5.41) is 1.19. The predicted octanol–water partition coefficient (Wildman–Crippen LogP) is 4.29. The van der Waals surface area contributed by atoms with Crippen molar-refractivity contribution in [3.05, 3.63) is 68.1 Å². The molecule has 0 spiro atoms. The molecule has 0 atom stereocenters. The van der Waals surface area contributed by atoms with Gasteiger partial charge in [-0.05, 0) is 18.1 Å². The quantitative estimate of drug-likeness (QED) is 0.745. The second-order valence-electron chi connectivity index (χ2n) is 4.11. The fourth-order valence-corrected chi connectivity index (χ4v) is 3.21. The fraction of sp³-hybridized carbons (Fsp3) is 0.214. The zero-order valence-corrected chi connectivity index (χ0v) is 13.2. The van der Waals surface area contributed by atoms with Gasteiger partial charge < -0.3 is 4.57 Å². The van der Waals surface area contributed by atoms with Crippen LogP contribution in [0.5, 0.6) is 0 Å². The summed E-state index contributed by atoms with van der Waals surface area (Å²) in [5.74, 6) is 0. The van der Waals surface area contributed by atoms with Crippen LogP contribution in [0.15, 0.2) is 41.2 Å². The molecule has 0 unspecified atom stereocenters. The SMILES string of the molecule is O=c1c(Cl)cc(Cl)c(CBr)n1CCc1ccccc1. The Morgan fingerprint density at radius 2 is 1.79 bits per heavy atom. The molecule has 0 fully saturated rings. The van der Waals surface area contributed by atoms with Crippen LogP contribution in [0.25, 0.3) is 0 Å². The van der Waals surface area contributed by atoms with Gasteiger partial charge in [0, 0.05) is 11.9 Å². The summed E-state index contributed by atoms with van der Waals surface area (Å²) in [5.41, 5.74) is 1.73. The first kappa shape index (κ1) is 14.6. The largest absolute Gasteiger partial charge is 0.309 e. The Hall–Kier alpha value is -0.770. The Morgan fingerprint density at radius 3 is 2.42 bits per heavy atom. The third kappa shape index (κ3) is 3.41. The van der Waals surface area contributed by atoms with Gasteiger partial charge in [-0.1, -0.05) is 69.5 Å². The molecule has 5 heteroatoms. The van der Waals surface area contributed by atoms with E-state index in [4.69, 9.17) is 23.2 Å². The van der Waals surface area contributed by atoms with Gasteiger partial charge >= 0.3 is 0 Å². The molecule has 1 aromatic carbocycles. The number of aryl methyl sites for hydroxylation is 1. The highest BCUT2D eigenvalue weighted by molar-refractivity contribution is 9.08. The summed E-state index contributed by atoms with van der Waals surface area (Å²) in [6, 6.07) is 11.5. The maximum absolute atomic E-state index is 12.1. The Morgan fingerprint density at radius 1 is 1.11 bits per heavy atom. The van der Waals surface area contributed by atoms with Gasteiger partial charge in [0.2, 0.25) is 0 Å². The smallest absolute Gasteiger partial charge is 0.269 e. The molecule has 0 bridgehead atoms. The summed E-state index contributed by atoms with van der Waals surface area (Å²) in [4.78, 5) is 12.1. The van der Waals surface area contributed by atoms with Crippen molar-refractivity contribution in [3.63, 3.8) is 0 Å². The highest BCUT2D eigenvalue weighted by Crippen LogP contribution is 2.20. The van der Waals surface area contributed by atoms with Crippen LogP contribution in [-0.2, 0) is 18.3 Å². The van der Waals surface area contributed by atoms with Crippen LogP contribution >= 0.6 is 39.1 Å². The first-order valence-electron chi connectivity index (χ1n) is 5.81. The van der Waals surface area contributed by atoms with Gasteiger partial charge in [0.15, 0.2) is 0 Å². The van der Waals surface area contributed by atoms with Crippen molar-refractivity contribution in [1.29, 1.82) is 0 Å². The summed E-state index contributed by atoms with van der Waals surface area (Å²) in [6.45, 7) is 0.560. The van der Waals surface area contributed by atoms with Gasteiger partial charge in [0.25, 0.3) is 5.56 Å². The zero-order valence-electron chi connectivity index (χ0n) is 10.1. The average Bonchev–Trinajstić information content (AvgIpc) is 2.42. The summed E-state index contributed by atoms with van der Waals surface area (Å²) in [6.07, 6.45) is 0.761. The van der Waals surface area contributed by atoms with E-state index in [9.17, 15) is 4.79 Å². The van der Waals surface area contributed by atoms with E-state index in [-0.39, 0.29) is 10.6 Å². The highest BCUT2D eigenvalue weighted by Gasteiger charge is 2.11. The van der Waals surface area contributed by atoms with Crippen LogP contribution in [-0.4, -0.2) is 4.57 Å². The van der Waals surface area contributed by atoms with Gasteiger partial charge in [0.05, 0.1) is 10.7 Å². The molecule has 0 aliphatic carbocycles. The van der Waals surface area contributed by atoms with Crippen LogP contribution < -0.4 is 5.56 Å². The van der Waals surface area contributed by atoms with E-state index in [1.54, 1.807) is 4.57 Å². The van der Waals surface area contributed by atoms with Crippen LogP contribution in [0, 0.1) is 0 Å². The molecule has 0 N–H and O–H groups in total. The van der Waals surface area contributed by atoms with E-state index in [2.05, 4.69) is 15.9 Å². The lowest BCUT2D eigenvalue weighted by Gasteiger charge is -2.13. The maximum atomic E-state index is 12.1. The third-order valence-electron chi connectivity index (χ3n) is 2.90. The lowest BCUT2D eigenvalue weighted by Crippen LogP contribution is -2.24. The molecule has 1 heterocycles. The Kier molecular flexibility index (Phi) is 5.08. The number of alkyl halides is 1. The van der Waals surface area contributed by atoms with Crippen LogP contribution in [0.3, 0.4) is 0 Å². The maximum Gasteiger partial charge on any atom is 0.269 e. The van der Waals surface area contributed by atoms with Gasteiger partial charge in [0.1, 0.15) is 5.02 Å². The summed E-state index contributed by atoms with van der Waals surface area (Å²) in [7, 11) is 0. The van der Waals surface area contributed by atoms with Crippen LogP contribution in [0.4, 0.5) is 0 Å². The second-order valence-corrected chi connectivity index (χ2v) is 5.49. The zero-order chi connectivity index (χ0) is 13.8. The molecule has 2 rings (SSSR count). The Bertz CT molecular complexity index is 625. The predicted molar refractivity (Wildman–Crippen MR) is 83.5 cm³/mol. The molecule has 0 radical (unpaired) electrons. The number of aromatic nitrogens is 1. The molecule has 0 saturated carbocycles. The van der Waals surface area contributed by atoms with E-state index < -0.39 is 0 Å². The number of pyridine rings is 1. The molecule has 2 nitrogen and oxygen atoms in total. The molecule has 1 aromatic heterocycles. The molecule has 19 heavy (non-hydrogen) atoms. The lowest BCUT2D eigenvalue weighted by atomic mass is 10.1. The first-order valence-corrected chi connectivity index (χ1v) is 7.69. The minimum absolute atomic E-state index is 0.155.